The van der Waals surface area contributed by atoms with Crippen molar-refractivity contribution in [2.75, 3.05) is 39.4 Å². The lowest BCUT2D eigenvalue weighted by atomic mass is 10.1. The van der Waals surface area contributed by atoms with Gasteiger partial charge in [-0.2, -0.15) is 0 Å². The number of aromatic nitrogens is 1. The average molecular weight is 548 g/mol. The third-order valence-corrected chi connectivity index (χ3v) is 6.14. The fourth-order valence-electron chi connectivity index (χ4n) is 3.59. The first kappa shape index (κ1) is 25.1. The van der Waals surface area contributed by atoms with Crippen LogP contribution in [0.25, 0.3) is 0 Å². The third kappa shape index (κ3) is 6.66. The van der Waals surface area contributed by atoms with Gasteiger partial charge in [-0.1, -0.05) is 25.1 Å². The average Bonchev–Trinajstić information content (AvgIpc) is 3.42. The maximum Gasteiger partial charge on any atom is 0.191 e. The normalized spacial score (nSPS) is 16.2. The van der Waals surface area contributed by atoms with Crippen LogP contribution >= 0.6 is 35.3 Å². The second-order valence-electron chi connectivity index (χ2n) is 6.99. The minimum Gasteiger partial charge on any atom is -0.379 e. The number of guanidine groups is 1. The van der Waals surface area contributed by atoms with Crippen LogP contribution in [0.15, 0.2) is 27.0 Å². The van der Waals surface area contributed by atoms with Crippen LogP contribution in [0.2, 0.25) is 0 Å². The van der Waals surface area contributed by atoms with Gasteiger partial charge in [-0.3, -0.25) is 4.90 Å². The molecule has 1 fully saturated rings. The molecule has 7 nitrogen and oxygen atoms in total. The lowest BCUT2D eigenvalue weighted by Crippen LogP contribution is -2.46. The highest BCUT2D eigenvalue weighted by Gasteiger charge is 2.23. The van der Waals surface area contributed by atoms with Gasteiger partial charge in [-0.25, -0.2) is 4.99 Å². The van der Waals surface area contributed by atoms with E-state index in [0.717, 1.165) is 75.2 Å². The zero-order valence-corrected chi connectivity index (χ0v) is 21.3. The van der Waals surface area contributed by atoms with Gasteiger partial charge in [0.1, 0.15) is 5.76 Å². The van der Waals surface area contributed by atoms with Gasteiger partial charge in [0.25, 0.3) is 0 Å². The first-order valence-electron chi connectivity index (χ1n) is 10.6. The molecular formula is C21H34IN5O2S. The molecule has 0 saturated carbocycles. The van der Waals surface area contributed by atoms with Crippen molar-refractivity contribution >= 4 is 41.3 Å². The van der Waals surface area contributed by atoms with E-state index in [1.54, 1.807) is 0 Å². The van der Waals surface area contributed by atoms with Crippen LogP contribution in [0, 0.1) is 0 Å². The van der Waals surface area contributed by atoms with Gasteiger partial charge in [0.05, 0.1) is 31.5 Å². The zero-order valence-electron chi connectivity index (χ0n) is 18.1. The van der Waals surface area contributed by atoms with E-state index in [1.165, 1.54) is 4.88 Å². The molecule has 1 aliphatic rings. The van der Waals surface area contributed by atoms with Gasteiger partial charge in [-0.15, -0.1) is 35.3 Å². The number of thiophene rings is 1. The summed E-state index contributed by atoms with van der Waals surface area (Å²) in [5.74, 6) is 1.76. The maximum absolute atomic E-state index is 5.55. The van der Waals surface area contributed by atoms with E-state index in [4.69, 9.17) is 14.3 Å². The summed E-state index contributed by atoms with van der Waals surface area (Å²) >= 11 is 1.81. The number of aryl methyl sites for hydroxylation is 2. The molecule has 2 N–H and O–H groups in total. The fourth-order valence-corrected chi connectivity index (χ4v) is 4.45. The van der Waals surface area contributed by atoms with Crippen molar-refractivity contribution in [3.8, 4) is 0 Å². The molecule has 3 heterocycles. The predicted octanol–water partition coefficient (Wildman–Crippen LogP) is 3.61. The first-order chi connectivity index (χ1) is 14.3. The van der Waals surface area contributed by atoms with Crippen molar-refractivity contribution in [1.29, 1.82) is 0 Å². The molecule has 0 radical (unpaired) electrons. The molecule has 0 amide bonds. The van der Waals surface area contributed by atoms with Crippen molar-refractivity contribution in [3.63, 3.8) is 0 Å². The molecule has 2 aromatic rings. The topological polar surface area (TPSA) is 74.9 Å². The molecule has 0 bridgehead atoms. The van der Waals surface area contributed by atoms with Crippen molar-refractivity contribution in [2.45, 2.75) is 46.2 Å². The highest BCUT2D eigenvalue weighted by Crippen LogP contribution is 2.25. The molecule has 168 valence electrons. The molecule has 1 atom stereocenters. The molecule has 3 rings (SSSR count). The van der Waals surface area contributed by atoms with Gasteiger partial charge < -0.3 is 19.9 Å². The van der Waals surface area contributed by atoms with E-state index in [1.807, 2.05) is 11.3 Å². The van der Waals surface area contributed by atoms with E-state index in [9.17, 15) is 0 Å². The van der Waals surface area contributed by atoms with Crippen molar-refractivity contribution in [2.24, 2.45) is 4.99 Å². The Labute approximate surface area is 200 Å². The van der Waals surface area contributed by atoms with Crippen molar-refractivity contribution in [3.05, 3.63) is 39.4 Å². The van der Waals surface area contributed by atoms with E-state index in [2.05, 4.69) is 59.0 Å². The van der Waals surface area contributed by atoms with E-state index >= 15 is 0 Å². The monoisotopic (exact) mass is 547 g/mol. The van der Waals surface area contributed by atoms with E-state index in [-0.39, 0.29) is 24.0 Å². The van der Waals surface area contributed by atoms with Crippen LogP contribution in [-0.2, 0) is 24.1 Å². The summed E-state index contributed by atoms with van der Waals surface area (Å²) in [5.41, 5.74) is 2.13. The predicted molar refractivity (Wildman–Crippen MR) is 133 cm³/mol. The Hall–Kier alpha value is -1.17. The van der Waals surface area contributed by atoms with Gasteiger partial charge in [0.2, 0.25) is 0 Å². The molecule has 9 heteroatoms. The number of ether oxygens (including phenoxy) is 1. The Morgan fingerprint density at radius 2 is 2.03 bits per heavy atom. The van der Waals surface area contributed by atoms with Gasteiger partial charge in [0.15, 0.2) is 5.96 Å². The lowest BCUT2D eigenvalue weighted by Gasteiger charge is -2.34. The summed E-state index contributed by atoms with van der Waals surface area (Å²) in [7, 11) is 0. The molecule has 30 heavy (non-hydrogen) atoms. The van der Waals surface area contributed by atoms with Crippen LogP contribution in [0.5, 0.6) is 0 Å². The summed E-state index contributed by atoms with van der Waals surface area (Å²) in [5, 5.41) is 13.3. The number of nitrogens with zero attached hydrogens (tertiary/aromatic N) is 3. The molecule has 0 spiro atoms. The van der Waals surface area contributed by atoms with Crippen LogP contribution in [0.4, 0.5) is 0 Å². The largest absolute Gasteiger partial charge is 0.379 e. The van der Waals surface area contributed by atoms with E-state index < -0.39 is 0 Å². The third-order valence-electron chi connectivity index (χ3n) is 5.17. The molecule has 0 aliphatic carbocycles. The summed E-state index contributed by atoms with van der Waals surface area (Å²) in [6.45, 7) is 12.0. The number of hydrogen-bond donors (Lipinski definition) is 2. The fraction of sp³-hybridized carbons (Fsp3) is 0.619. The van der Waals surface area contributed by atoms with Crippen LogP contribution in [0.3, 0.4) is 0 Å². The summed E-state index contributed by atoms with van der Waals surface area (Å²) in [4.78, 5) is 8.69. The number of rotatable bonds is 9. The van der Waals surface area contributed by atoms with Crippen LogP contribution in [-0.4, -0.2) is 55.4 Å². The van der Waals surface area contributed by atoms with E-state index in [0.29, 0.717) is 12.6 Å². The second kappa shape index (κ2) is 13.3. The minimum absolute atomic E-state index is 0. The zero-order chi connectivity index (χ0) is 20.5. The highest BCUT2D eigenvalue weighted by atomic mass is 127. The van der Waals surface area contributed by atoms with Gasteiger partial charge in [0, 0.05) is 43.0 Å². The van der Waals surface area contributed by atoms with Crippen molar-refractivity contribution < 1.29 is 9.26 Å². The summed E-state index contributed by atoms with van der Waals surface area (Å²) in [6, 6.07) is 4.65. The summed E-state index contributed by atoms with van der Waals surface area (Å²) in [6.07, 6.45) is 1.69. The number of hydrogen-bond acceptors (Lipinski definition) is 6. The molecule has 2 aromatic heterocycles. The Bertz CT molecular complexity index is 738. The maximum atomic E-state index is 5.55. The Kier molecular flexibility index (Phi) is 11.1. The Morgan fingerprint density at radius 1 is 1.23 bits per heavy atom. The van der Waals surface area contributed by atoms with Gasteiger partial charge >= 0.3 is 0 Å². The van der Waals surface area contributed by atoms with Crippen molar-refractivity contribution in [1.82, 2.24) is 20.7 Å². The van der Waals surface area contributed by atoms with Crippen LogP contribution < -0.4 is 10.6 Å². The number of morpholine rings is 1. The number of halogens is 1. The Morgan fingerprint density at radius 3 is 2.67 bits per heavy atom. The molecule has 1 aliphatic heterocycles. The number of nitrogens with one attached hydrogen (secondary N) is 2. The summed E-state index contributed by atoms with van der Waals surface area (Å²) < 4.78 is 11.0. The molecule has 1 unspecified atom stereocenters. The van der Waals surface area contributed by atoms with Crippen LogP contribution in [0.1, 0.15) is 48.7 Å². The smallest absolute Gasteiger partial charge is 0.191 e. The SMILES string of the molecule is CCNC(=NCc1c(CC)noc1CC)NCC(c1cccs1)N1CCOCC1.I. The minimum atomic E-state index is 0. The lowest BCUT2D eigenvalue weighted by molar-refractivity contribution is 0.0177. The first-order valence-corrected chi connectivity index (χ1v) is 11.5. The number of aliphatic imine (C=N–C) groups is 1. The quantitative estimate of drug-likeness (QED) is 0.284. The molecular weight excluding hydrogens is 513 g/mol. The highest BCUT2D eigenvalue weighted by molar-refractivity contribution is 14.0. The second-order valence-corrected chi connectivity index (χ2v) is 7.97. The standard InChI is InChI=1S/C21H33N5O2S.HI/c1-4-17-16(19(5-2)28-25-17)14-23-21(22-6-3)24-15-18(20-8-7-13-29-20)26-9-11-27-12-10-26;/h7-8,13,18H,4-6,9-12,14-15H2,1-3H3,(H2,22,23,24);1H. The molecule has 1 saturated heterocycles. The molecule has 0 aromatic carbocycles. The Balaban J connectivity index is 0.00000320. The van der Waals surface area contributed by atoms with Gasteiger partial charge in [-0.05, 0) is 24.8 Å².